The van der Waals surface area contributed by atoms with Gasteiger partial charge in [0.2, 0.25) is 5.91 Å². The van der Waals surface area contributed by atoms with Crippen LogP contribution in [0.25, 0.3) is 0 Å². The summed E-state index contributed by atoms with van der Waals surface area (Å²) in [7, 11) is 1.26. The maximum Gasteiger partial charge on any atom is 0.328 e. The van der Waals surface area contributed by atoms with Crippen LogP contribution in [-0.2, 0) is 14.3 Å². The second-order valence-electron chi connectivity index (χ2n) is 3.53. The number of nitrogens with one attached hydrogen (secondary N) is 1. The first-order valence-electron chi connectivity index (χ1n) is 5.13. The Labute approximate surface area is 105 Å². The summed E-state index contributed by atoms with van der Waals surface area (Å²) < 4.78 is 4.50. The highest BCUT2D eigenvalue weighted by atomic mass is 35.5. The molecular weight excluding hydrogens is 242 g/mol. The van der Waals surface area contributed by atoms with Crippen LogP contribution < -0.4 is 5.32 Å². The molecule has 4 nitrogen and oxygen atoms in total. The molecule has 1 aromatic rings. The van der Waals surface area contributed by atoms with E-state index in [4.69, 9.17) is 11.6 Å². The molecule has 0 bridgehead atoms. The van der Waals surface area contributed by atoms with Gasteiger partial charge in [0.25, 0.3) is 0 Å². The largest absolute Gasteiger partial charge is 0.467 e. The van der Waals surface area contributed by atoms with E-state index in [2.05, 4.69) is 10.1 Å². The quantitative estimate of drug-likeness (QED) is 0.657. The Kier molecular flexibility index (Phi) is 4.97. The Hall–Kier alpha value is -1.55. The maximum absolute atomic E-state index is 11.7. The van der Waals surface area contributed by atoms with E-state index in [0.717, 1.165) is 0 Å². The number of rotatable bonds is 4. The van der Waals surface area contributed by atoms with Crippen molar-refractivity contribution in [3.63, 3.8) is 0 Å². The van der Waals surface area contributed by atoms with Crippen LogP contribution in [0.2, 0.25) is 0 Å². The third kappa shape index (κ3) is 3.75. The lowest BCUT2D eigenvalue weighted by Gasteiger charge is -2.14. The number of carbonyl (C=O) groups excluding carboxylic acids is 2. The highest BCUT2D eigenvalue weighted by Crippen LogP contribution is 2.19. The van der Waals surface area contributed by atoms with Crippen molar-refractivity contribution >= 4 is 23.5 Å². The molecule has 0 aromatic heterocycles. The minimum absolute atomic E-state index is 0.421. The van der Waals surface area contributed by atoms with Crippen LogP contribution in [0, 0.1) is 0 Å². The Morgan fingerprint density at radius 2 is 1.88 bits per heavy atom. The number of hydrogen-bond donors (Lipinski definition) is 1. The zero-order valence-corrected chi connectivity index (χ0v) is 10.4. The lowest BCUT2D eigenvalue weighted by Crippen LogP contribution is -2.40. The van der Waals surface area contributed by atoms with Crippen molar-refractivity contribution in [1.82, 2.24) is 5.32 Å². The monoisotopic (exact) mass is 255 g/mol. The molecule has 5 heteroatoms. The summed E-state index contributed by atoms with van der Waals surface area (Å²) in [5.74, 6) is -0.925. The van der Waals surface area contributed by atoms with Crippen LogP contribution >= 0.6 is 11.6 Å². The van der Waals surface area contributed by atoms with Crippen LogP contribution in [0.15, 0.2) is 30.3 Å². The highest BCUT2D eigenvalue weighted by molar-refractivity contribution is 6.30. The van der Waals surface area contributed by atoms with E-state index in [0.29, 0.717) is 5.56 Å². The molecule has 1 rings (SSSR count). The van der Waals surface area contributed by atoms with Gasteiger partial charge in [0.15, 0.2) is 0 Å². The summed E-state index contributed by atoms with van der Waals surface area (Å²) in [5, 5.41) is 1.67. The van der Waals surface area contributed by atoms with Crippen LogP contribution in [0.3, 0.4) is 0 Å². The lowest BCUT2D eigenvalue weighted by molar-refractivity contribution is -0.144. The van der Waals surface area contributed by atoms with Crippen molar-refractivity contribution in [1.29, 1.82) is 0 Å². The molecule has 0 aliphatic heterocycles. The van der Waals surface area contributed by atoms with Gasteiger partial charge in [-0.3, -0.25) is 4.79 Å². The molecule has 17 heavy (non-hydrogen) atoms. The standard InChI is InChI=1S/C12H14ClNO3/c1-8(12(16)17-2)14-11(15)10(13)9-6-4-3-5-7-9/h3-8,10H,1-2H3,(H,14,15)/t8-,10?/m0/s1. The average Bonchev–Trinajstić information content (AvgIpc) is 2.37. The van der Waals surface area contributed by atoms with E-state index in [1.54, 1.807) is 31.2 Å². The van der Waals surface area contributed by atoms with E-state index in [1.807, 2.05) is 6.07 Å². The highest BCUT2D eigenvalue weighted by Gasteiger charge is 2.22. The predicted octanol–water partition coefficient (Wildman–Crippen LogP) is 1.64. The summed E-state index contributed by atoms with van der Waals surface area (Å²) in [6.07, 6.45) is 0. The van der Waals surface area contributed by atoms with Gasteiger partial charge in [0.1, 0.15) is 11.4 Å². The first-order chi connectivity index (χ1) is 8.06. The number of amides is 1. The fourth-order valence-corrected chi connectivity index (χ4v) is 1.50. The molecule has 0 saturated carbocycles. The number of hydrogen-bond acceptors (Lipinski definition) is 3. The van der Waals surface area contributed by atoms with Crippen molar-refractivity contribution < 1.29 is 14.3 Å². The summed E-state index contributed by atoms with van der Waals surface area (Å²) in [6.45, 7) is 1.54. The Balaban J connectivity index is 2.62. The zero-order valence-electron chi connectivity index (χ0n) is 9.64. The van der Waals surface area contributed by atoms with E-state index in [-0.39, 0.29) is 0 Å². The molecule has 1 aromatic carbocycles. The minimum atomic E-state index is -0.816. The van der Waals surface area contributed by atoms with Crippen molar-refractivity contribution in [2.24, 2.45) is 0 Å². The molecular formula is C12H14ClNO3. The molecule has 0 fully saturated rings. The SMILES string of the molecule is COC(=O)[C@H](C)NC(=O)C(Cl)c1ccccc1. The van der Waals surface area contributed by atoms with Gasteiger partial charge in [0.05, 0.1) is 7.11 Å². The van der Waals surface area contributed by atoms with Crippen molar-refractivity contribution in [3.8, 4) is 0 Å². The van der Waals surface area contributed by atoms with E-state index in [1.165, 1.54) is 7.11 Å². The van der Waals surface area contributed by atoms with E-state index in [9.17, 15) is 9.59 Å². The first kappa shape index (κ1) is 13.5. The normalized spacial score (nSPS) is 13.6. The fourth-order valence-electron chi connectivity index (χ4n) is 1.30. The predicted molar refractivity (Wildman–Crippen MR) is 64.7 cm³/mol. The molecule has 0 radical (unpaired) electrons. The number of alkyl halides is 1. The summed E-state index contributed by atoms with van der Waals surface area (Å²) in [5.41, 5.74) is 0.684. The van der Waals surface area contributed by atoms with Crippen LogP contribution in [0.1, 0.15) is 17.9 Å². The minimum Gasteiger partial charge on any atom is -0.467 e. The van der Waals surface area contributed by atoms with Crippen molar-refractivity contribution in [2.75, 3.05) is 7.11 Å². The van der Waals surface area contributed by atoms with Crippen LogP contribution in [0.5, 0.6) is 0 Å². The van der Waals surface area contributed by atoms with Crippen molar-refractivity contribution in [3.05, 3.63) is 35.9 Å². The van der Waals surface area contributed by atoms with Crippen molar-refractivity contribution in [2.45, 2.75) is 18.3 Å². The van der Waals surface area contributed by atoms with Crippen LogP contribution in [-0.4, -0.2) is 25.0 Å². The lowest BCUT2D eigenvalue weighted by atomic mass is 10.1. The number of methoxy groups -OCH3 is 1. The molecule has 0 spiro atoms. The van der Waals surface area contributed by atoms with Gasteiger partial charge in [-0.05, 0) is 12.5 Å². The average molecular weight is 256 g/mol. The third-order valence-corrected chi connectivity index (χ3v) is 2.69. The second-order valence-corrected chi connectivity index (χ2v) is 3.96. The van der Waals surface area contributed by atoms with Gasteiger partial charge in [-0.1, -0.05) is 30.3 Å². The third-order valence-electron chi connectivity index (χ3n) is 2.24. The number of benzene rings is 1. The Morgan fingerprint density at radius 1 is 1.29 bits per heavy atom. The Morgan fingerprint density at radius 3 is 2.41 bits per heavy atom. The first-order valence-corrected chi connectivity index (χ1v) is 5.57. The fraction of sp³-hybridized carbons (Fsp3) is 0.333. The zero-order chi connectivity index (χ0) is 12.8. The summed E-state index contributed by atoms with van der Waals surface area (Å²) in [4.78, 5) is 22.8. The smallest absolute Gasteiger partial charge is 0.328 e. The van der Waals surface area contributed by atoms with E-state index >= 15 is 0 Å². The molecule has 0 heterocycles. The molecule has 2 atom stereocenters. The number of carbonyl (C=O) groups is 2. The number of halogens is 1. The van der Waals surface area contributed by atoms with Gasteiger partial charge in [0, 0.05) is 0 Å². The van der Waals surface area contributed by atoms with Gasteiger partial charge < -0.3 is 10.1 Å². The molecule has 92 valence electrons. The summed E-state index contributed by atoms with van der Waals surface area (Å²) in [6, 6.07) is 8.21. The topological polar surface area (TPSA) is 55.4 Å². The maximum atomic E-state index is 11.7. The van der Waals surface area contributed by atoms with Gasteiger partial charge in [-0.15, -0.1) is 11.6 Å². The molecule has 0 saturated heterocycles. The molecule has 0 aliphatic rings. The van der Waals surface area contributed by atoms with E-state index < -0.39 is 23.3 Å². The second kappa shape index (κ2) is 6.25. The number of ether oxygens (including phenoxy) is 1. The van der Waals surface area contributed by atoms with Gasteiger partial charge in [-0.25, -0.2) is 4.79 Å². The molecule has 1 N–H and O–H groups in total. The van der Waals surface area contributed by atoms with Gasteiger partial charge in [-0.2, -0.15) is 0 Å². The Bertz CT molecular complexity index is 394. The van der Waals surface area contributed by atoms with Crippen LogP contribution in [0.4, 0.5) is 0 Å². The molecule has 1 amide bonds. The molecule has 0 aliphatic carbocycles. The molecule has 1 unspecified atom stereocenters. The summed E-state index contributed by atoms with van der Waals surface area (Å²) >= 11 is 5.98. The van der Waals surface area contributed by atoms with Gasteiger partial charge >= 0.3 is 5.97 Å². The number of esters is 1.